The fourth-order valence-corrected chi connectivity index (χ4v) is 4.67. The first-order valence-corrected chi connectivity index (χ1v) is 11.5. The van der Waals surface area contributed by atoms with Gasteiger partial charge in [-0.05, 0) is 55.5 Å². The normalized spacial score (nSPS) is 17.6. The molecule has 0 aliphatic carbocycles. The number of nitrogens with zero attached hydrogens (tertiary/aromatic N) is 4. The average Bonchev–Trinajstić information content (AvgIpc) is 3.18. The zero-order valence-corrected chi connectivity index (χ0v) is 18.8. The first-order chi connectivity index (χ1) is 15.7. The van der Waals surface area contributed by atoms with Crippen molar-refractivity contribution in [3.05, 3.63) is 60.2 Å². The summed E-state index contributed by atoms with van der Waals surface area (Å²) in [6.45, 7) is 3.08. The second-order valence-corrected chi connectivity index (χ2v) is 8.66. The molecule has 1 aromatic carbocycles. The number of pyridine rings is 1. The summed E-state index contributed by atoms with van der Waals surface area (Å²) < 4.78 is 7.59. The number of hydrogen-bond acceptors (Lipinski definition) is 5. The molecule has 7 heteroatoms. The number of aryl methyl sites for hydroxylation is 1. The molecule has 7 nitrogen and oxygen atoms in total. The van der Waals surface area contributed by atoms with Gasteiger partial charge in [0.1, 0.15) is 5.82 Å². The lowest BCUT2D eigenvalue weighted by atomic mass is 9.96. The number of amides is 1. The van der Waals surface area contributed by atoms with E-state index in [9.17, 15) is 4.79 Å². The van der Waals surface area contributed by atoms with E-state index in [0.717, 1.165) is 61.4 Å². The van der Waals surface area contributed by atoms with E-state index in [2.05, 4.69) is 27.8 Å². The first-order valence-electron chi connectivity index (χ1n) is 11.5. The number of rotatable bonds is 9. The molecule has 1 amide bonds. The number of likely N-dealkylation sites (tertiary alicyclic amines) is 1. The summed E-state index contributed by atoms with van der Waals surface area (Å²) in [4.78, 5) is 24.0. The Bertz CT molecular complexity index is 1020. The maximum absolute atomic E-state index is 13.0. The van der Waals surface area contributed by atoms with Gasteiger partial charge in [0.2, 0.25) is 5.91 Å². The predicted octanol–water partition coefficient (Wildman–Crippen LogP) is 3.13. The third-order valence-electron chi connectivity index (χ3n) is 6.24. The van der Waals surface area contributed by atoms with Gasteiger partial charge in [0.25, 0.3) is 0 Å². The highest BCUT2D eigenvalue weighted by Gasteiger charge is 2.29. The molecule has 2 aromatic heterocycles. The molecule has 32 heavy (non-hydrogen) atoms. The van der Waals surface area contributed by atoms with Gasteiger partial charge in [-0.1, -0.05) is 12.1 Å². The summed E-state index contributed by atoms with van der Waals surface area (Å²) >= 11 is 0. The Balaban J connectivity index is 1.44. The molecule has 1 aliphatic rings. The minimum absolute atomic E-state index is 0.137. The van der Waals surface area contributed by atoms with Gasteiger partial charge in [0.05, 0.1) is 11.0 Å². The molecule has 0 unspecified atom stereocenters. The van der Waals surface area contributed by atoms with Crippen LogP contribution in [0.4, 0.5) is 0 Å². The molecule has 1 fully saturated rings. The van der Waals surface area contributed by atoms with Gasteiger partial charge in [-0.2, -0.15) is 0 Å². The lowest BCUT2D eigenvalue weighted by Gasteiger charge is -2.33. The highest BCUT2D eigenvalue weighted by atomic mass is 16.5. The van der Waals surface area contributed by atoms with Gasteiger partial charge in [-0.15, -0.1) is 0 Å². The lowest BCUT2D eigenvalue weighted by molar-refractivity contribution is -0.132. The number of carbonyl (C=O) groups excluding carboxylic acids is 1. The zero-order valence-electron chi connectivity index (χ0n) is 18.8. The Kier molecular flexibility index (Phi) is 7.50. The lowest BCUT2D eigenvalue weighted by Crippen LogP contribution is -2.42. The molecule has 170 valence electrons. The summed E-state index contributed by atoms with van der Waals surface area (Å²) in [7, 11) is 1.73. The van der Waals surface area contributed by atoms with Crippen LogP contribution in [-0.2, 0) is 22.5 Å². The van der Waals surface area contributed by atoms with E-state index in [1.54, 1.807) is 19.5 Å². The predicted molar refractivity (Wildman–Crippen MR) is 125 cm³/mol. The van der Waals surface area contributed by atoms with E-state index < -0.39 is 0 Å². The molecule has 2 atom stereocenters. The third kappa shape index (κ3) is 5.34. The maximum Gasteiger partial charge on any atom is 0.224 e. The minimum Gasteiger partial charge on any atom is -0.385 e. The van der Waals surface area contributed by atoms with Crippen molar-refractivity contribution in [1.29, 1.82) is 0 Å². The number of benzene rings is 1. The summed E-state index contributed by atoms with van der Waals surface area (Å²) in [5.74, 6) is 1.46. The number of carbonyl (C=O) groups is 1. The first kappa shape index (κ1) is 22.4. The molecular weight excluding hydrogens is 402 g/mol. The number of fused-ring (bicyclic) bond motifs is 1. The monoisotopic (exact) mass is 435 g/mol. The zero-order chi connectivity index (χ0) is 22.3. The van der Waals surface area contributed by atoms with Gasteiger partial charge < -0.3 is 19.9 Å². The van der Waals surface area contributed by atoms with Crippen LogP contribution in [0, 0.1) is 0 Å². The molecule has 4 rings (SSSR count). The quantitative estimate of drug-likeness (QED) is 0.522. The van der Waals surface area contributed by atoms with Crippen molar-refractivity contribution in [3.8, 4) is 0 Å². The molecule has 1 aliphatic heterocycles. The van der Waals surface area contributed by atoms with Crippen molar-refractivity contribution in [1.82, 2.24) is 19.4 Å². The van der Waals surface area contributed by atoms with Crippen LogP contribution in [0.5, 0.6) is 0 Å². The van der Waals surface area contributed by atoms with Crippen LogP contribution in [0.15, 0.2) is 48.8 Å². The van der Waals surface area contributed by atoms with Crippen molar-refractivity contribution in [2.75, 3.05) is 26.8 Å². The van der Waals surface area contributed by atoms with Crippen LogP contribution in [0.2, 0.25) is 0 Å². The minimum atomic E-state index is -0.191. The molecule has 0 bridgehead atoms. The Labute approximate surface area is 189 Å². The largest absolute Gasteiger partial charge is 0.385 e. The Morgan fingerprint density at radius 2 is 2.06 bits per heavy atom. The number of hydrogen-bond donors (Lipinski definition) is 1. The molecule has 0 spiro atoms. The number of methoxy groups -OCH3 is 1. The fourth-order valence-electron chi connectivity index (χ4n) is 4.67. The van der Waals surface area contributed by atoms with Crippen molar-refractivity contribution >= 4 is 16.9 Å². The van der Waals surface area contributed by atoms with Gasteiger partial charge in [0, 0.05) is 64.1 Å². The van der Waals surface area contributed by atoms with E-state index in [-0.39, 0.29) is 17.9 Å². The molecule has 1 saturated heterocycles. The van der Waals surface area contributed by atoms with Crippen molar-refractivity contribution in [2.24, 2.45) is 5.73 Å². The molecule has 3 aromatic rings. The van der Waals surface area contributed by atoms with Crippen LogP contribution >= 0.6 is 0 Å². The molecule has 2 N–H and O–H groups in total. The second kappa shape index (κ2) is 10.7. The van der Waals surface area contributed by atoms with E-state index in [1.807, 2.05) is 23.1 Å². The number of ether oxygens (including phenoxy) is 1. The van der Waals surface area contributed by atoms with Crippen LogP contribution in [0.25, 0.3) is 11.0 Å². The summed E-state index contributed by atoms with van der Waals surface area (Å²) in [6, 6.07) is 12.0. The van der Waals surface area contributed by atoms with Crippen molar-refractivity contribution < 1.29 is 9.53 Å². The van der Waals surface area contributed by atoms with Crippen molar-refractivity contribution in [2.45, 2.75) is 50.6 Å². The molecule has 0 saturated carbocycles. The third-order valence-corrected chi connectivity index (χ3v) is 6.24. The number of aromatic nitrogens is 3. The van der Waals surface area contributed by atoms with Crippen LogP contribution in [0.3, 0.4) is 0 Å². The molecule has 0 radical (unpaired) electrons. The Hall–Kier alpha value is -2.77. The van der Waals surface area contributed by atoms with Crippen LogP contribution in [-0.4, -0.2) is 58.2 Å². The second-order valence-electron chi connectivity index (χ2n) is 8.66. The van der Waals surface area contributed by atoms with E-state index in [1.165, 1.54) is 0 Å². The summed E-state index contributed by atoms with van der Waals surface area (Å²) in [5.41, 5.74) is 9.59. The highest BCUT2D eigenvalue weighted by Crippen LogP contribution is 2.30. The van der Waals surface area contributed by atoms with Gasteiger partial charge >= 0.3 is 0 Å². The van der Waals surface area contributed by atoms with Crippen LogP contribution in [0.1, 0.15) is 43.0 Å². The smallest absolute Gasteiger partial charge is 0.224 e. The topological polar surface area (TPSA) is 86.3 Å². The number of imidazole rings is 1. The molecule has 3 heterocycles. The van der Waals surface area contributed by atoms with E-state index >= 15 is 0 Å². The maximum atomic E-state index is 13.0. The number of piperidine rings is 1. The van der Waals surface area contributed by atoms with Gasteiger partial charge in [-0.25, -0.2) is 4.98 Å². The number of nitrogens with two attached hydrogens (primary N) is 1. The van der Waals surface area contributed by atoms with E-state index in [4.69, 9.17) is 15.5 Å². The summed E-state index contributed by atoms with van der Waals surface area (Å²) in [6.07, 6.45) is 7.52. The average molecular weight is 436 g/mol. The van der Waals surface area contributed by atoms with Gasteiger partial charge in [0.15, 0.2) is 0 Å². The van der Waals surface area contributed by atoms with E-state index in [0.29, 0.717) is 19.4 Å². The Morgan fingerprint density at radius 3 is 2.88 bits per heavy atom. The highest BCUT2D eigenvalue weighted by molar-refractivity contribution is 5.77. The number of para-hydroxylation sites is 2. The molecular formula is C25H33N5O2. The standard InChI is InChI=1S/C25H33N5O2/c1-32-15-5-14-30-23-8-3-2-7-22(23)28-25(30)20-6-4-13-29(18-20)24(31)17-21(26)16-19-9-11-27-12-10-19/h2-3,7-12,20-21H,4-6,13-18,26H2,1H3/t20-,21-/m1/s1. The van der Waals surface area contributed by atoms with Crippen molar-refractivity contribution in [3.63, 3.8) is 0 Å². The van der Waals surface area contributed by atoms with Gasteiger partial charge in [-0.3, -0.25) is 9.78 Å². The summed E-state index contributed by atoms with van der Waals surface area (Å²) in [5, 5.41) is 0. The Morgan fingerprint density at radius 1 is 1.25 bits per heavy atom. The SMILES string of the molecule is COCCCn1c([C@@H]2CCCN(C(=O)C[C@H](N)Cc3ccncc3)C2)nc2ccccc21. The fraction of sp³-hybridized carbons (Fsp3) is 0.480. The van der Waals surface area contributed by atoms with Crippen LogP contribution < -0.4 is 5.73 Å².